The molecule has 3 heterocycles. The Kier molecular flexibility index (Phi) is 3.04. The van der Waals surface area contributed by atoms with Crippen molar-refractivity contribution >= 4 is 57.2 Å². The Labute approximate surface area is 162 Å². The molecule has 6 rings (SSSR count). The van der Waals surface area contributed by atoms with Gasteiger partial charge in [-0.2, -0.15) is 0 Å². The summed E-state index contributed by atoms with van der Waals surface area (Å²) in [5.41, 5.74) is 7.45. The Hall–Kier alpha value is -3.53. The van der Waals surface area contributed by atoms with Crippen LogP contribution in [0.4, 0.5) is 0 Å². The third-order valence-electron chi connectivity index (χ3n) is 5.51. The minimum atomic E-state index is 0.817. The quantitative estimate of drug-likeness (QED) is 0.400. The molecule has 0 unspecified atom stereocenters. The van der Waals surface area contributed by atoms with Crippen molar-refractivity contribution < 1.29 is 4.42 Å². The van der Waals surface area contributed by atoms with Crippen LogP contribution in [0.5, 0.6) is 0 Å². The summed E-state index contributed by atoms with van der Waals surface area (Å²) in [6.07, 6.45) is 0. The predicted molar refractivity (Wildman–Crippen MR) is 119 cm³/mol. The lowest BCUT2D eigenvalue weighted by Gasteiger charge is -2.07. The van der Waals surface area contributed by atoms with Crippen LogP contribution in [-0.4, -0.2) is 17.4 Å². The molecule has 3 aromatic heterocycles. The second-order valence-electron chi connectivity index (χ2n) is 7.49. The molecule has 0 amide bonds. The number of benzene rings is 3. The molecule has 28 heavy (non-hydrogen) atoms. The van der Waals surface area contributed by atoms with Crippen molar-refractivity contribution in [1.29, 1.82) is 0 Å². The molecule has 4 heteroatoms. The van der Waals surface area contributed by atoms with E-state index < -0.39 is 0 Å². The van der Waals surface area contributed by atoms with E-state index in [0.29, 0.717) is 0 Å². The largest absolute Gasteiger partial charge is 0.454 e. The van der Waals surface area contributed by atoms with E-state index in [4.69, 9.17) is 9.40 Å². The third-order valence-corrected chi connectivity index (χ3v) is 5.51. The summed E-state index contributed by atoms with van der Waals surface area (Å²) >= 11 is 0. The molecule has 0 radical (unpaired) electrons. The summed E-state index contributed by atoms with van der Waals surface area (Å²) in [5, 5.41) is 3.56. The summed E-state index contributed by atoms with van der Waals surface area (Å²) in [7, 11) is 2.14. The molecule has 0 spiro atoms. The molecule has 3 nitrogen and oxygen atoms in total. The first-order valence-corrected chi connectivity index (χ1v) is 9.49. The lowest BCUT2D eigenvalue weighted by atomic mass is 9.94. The molecule has 0 N–H and O–H groups in total. The van der Waals surface area contributed by atoms with Gasteiger partial charge in [0.05, 0.1) is 11.0 Å². The SMILES string of the molecule is Bc1ccc2c(c1)c1ccc(C)cc1n2-c1ccc2oc3ccccc3c2n1. The highest BCUT2D eigenvalue weighted by molar-refractivity contribution is 6.34. The number of nitrogens with zero attached hydrogens (tertiary/aromatic N) is 2. The predicted octanol–water partition coefficient (Wildman–Crippen LogP) is 4.64. The van der Waals surface area contributed by atoms with Crippen molar-refractivity contribution in [3.63, 3.8) is 0 Å². The van der Waals surface area contributed by atoms with E-state index >= 15 is 0 Å². The van der Waals surface area contributed by atoms with Crippen LogP contribution in [0.3, 0.4) is 0 Å². The van der Waals surface area contributed by atoms with Crippen molar-refractivity contribution in [3.05, 3.63) is 78.4 Å². The van der Waals surface area contributed by atoms with Crippen molar-refractivity contribution in [2.45, 2.75) is 6.92 Å². The smallest absolute Gasteiger partial charge is 0.154 e. The van der Waals surface area contributed by atoms with Gasteiger partial charge >= 0.3 is 0 Å². The minimum Gasteiger partial charge on any atom is -0.454 e. The molecule has 132 valence electrons. The average Bonchev–Trinajstić information content (AvgIpc) is 3.22. The van der Waals surface area contributed by atoms with E-state index in [1.54, 1.807) is 0 Å². The summed E-state index contributed by atoms with van der Waals surface area (Å²) in [5.74, 6) is 0.911. The van der Waals surface area contributed by atoms with E-state index in [1.807, 2.05) is 30.3 Å². The molecular formula is C24H17BN2O. The maximum atomic E-state index is 5.96. The van der Waals surface area contributed by atoms with Gasteiger partial charge in [-0.15, -0.1) is 0 Å². The second kappa shape index (κ2) is 5.49. The zero-order valence-corrected chi connectivity index (χ0v) is 15.7. The van der Waals surface area contributed by atoms with Gasteiger partial charge in [0.15, 0.2) is 5.58 Å². The van der Waals surface area contributed by atoms with Crippen LogP contribution in [0.15, 0.2) is 77.2 Å². The van der Waals surface area contributed by atoms with Crippen molar-refractivity contribution in [1.82, 2.24) is 9.55 Å². The van der Waals surface area contributed by atoms with E-state index in [9.17, 15) is 0 Å². The summed E-state index contributed by atoms with van der Waals surface area (Å²) in [6, 6.07) is 25.4. The normalized spacial score (nSPS) is 11.9. The first-order valence-electron chi connectivity index (χ1n) is 9.49. The van der Waals surface area contributed by atoms with Crippen molar-refractivity contribution in [2.24, 2.45) is 0 Å². The first-order chi connectivity index (χ1) is 13.7. The first kappa shape index (κ1) is 15.5. The molecule has 0 fully saturated rings. The monoisotopic (exact) mass is 360 g/mol. The lowest BCUT2D eigenvalue weighted by Crippen LogP contribution is -2.01. The summed E-state index contributed by atoms with van der Waals surface area (Å²) < 4.78 is 8.23. The van der Waals surface area contributed by atoms with Crippen LogP contribution in [0.2, 0.25) is 0 Å². The summed E-state index contributed by atoms with van der Waals surface area (Å²) in [6.45, 7) is 2.13. The maximum absolute atomic E-state index is 5.96. The Bertz CT molecular complexity index is 1540. The number of aromatic nitrogens is 2. The fourth-order valence-electron chi connectivity index (χ4n) is 4.20. The van der Waals surface area contributed by atoms with Crippen LogP contribution in [0, 0.1) is 6.92 Å². The van der Waals surface area contributed by atoms with Crippen molar-refractivity contribution in [2.75, 3.05) is 0 Å². The van der Waals surface area contributed by atoms with Crippen LogP contribution in [-0.2, 0) is 0 Å². The molecule has 0 saturated carbocycles. The number of hydrogen-bond donors (Lipinski definition) is 0. The zero-order chi connectivity index (χ0) is 18.8. The number of rotatable bonds is 1. The average molecular weight is 360 g/mol. The van der Waals surface area contributed by atoms with Crippen molar-refractivity contribution in [3.8, 4) is 5.82 Å². The number of aryl methyl sites for hydroxylation is 1. The highest BCUT2D eigenvalue weighted by atomic mass is 16.3. The molecule has 0 atom stereocenters. The Morgan fingerprint density at radius 1 is 0.786 bits per heavy atom. The summed E-state index contributed by atoms with van der Waals surface area (Å²) in [4.78, 5) is 5.03. The molecule has 0 aliphatic rings. The molecule has 0 saturated heterocycles. The molecule has 0 aliphatic carbocycles. The van der Waals surface area contributed by atoms with Gasteiger partial charge in [-0.3, -0.25) is 4.57 Å². The number of pyridine rings is 1. The van der Waals surface area contributed by atoms with Crippen LogP contribution >= 0.6 is 0 Å². The van der Waals surface area contributed by atoms with Gasteiger partial charge in [0, 0.05) is 16.2 Å². The fraction of sp³-hybridized carbons (Fsp3) is 0.0417. The number of furan rings is 1. The molecular weight excluding hydrogens is 343 g/mol. The number of para-hydroxylation sites is 1. The van der Waals surface area contributed by atoms with E-state index in [0.717, 1.165) is 27.9 Å². The van der Waals surface area contributed by atoms with Gasteiger partial charge < -0.3 is 4.42 Å². The highest BCUT2D eigenvalue weighted by Crippen LogP contribution is 2.33. The fourth-order valence-corrected chi connectivity index (χ4v) is 4.20. The Morgan fingerprint density at radius 3 is 2.61 bits per heavy atom. The van der Waals surface area contributed by atoms with E-state index in [1.165, 1.54) is 32.8 Å². The zero-order valence-electron chi connectivity index (χ0n) is 15.7. The van der Waals surface area contributed by atoms with Crippen LogP contribution < -0.4 is 5.46 Å². The van der Waals surface area contributed by atoms with Gasteiger partial charge in [-0.05, 0) is 48.9 Å². The second-order valence-corrected chi connectivity index (χ2v) is 7.49. The van der Waals surface area contributed by atoms with Crippen LogP contribution in [0.25, 0.3) is 49.7 Å². The van der Waals surface area contributed by atoms with Gasteiger partial charge in [0.2, 0.25) is 0 Å². The van der Waals surface area contributed by atoms with Gasteiger partial charge in [-0.25, -0.2) is 4.98 Å². The number of hydrogen-bond acceptors (Lipinski definition) is 2. The molecule has 0 aliphatic heterocycles. The van der Waals surface area contributed by atoms with Gasteiger partial charge in [0.1, 0.15) is 24.8 Å². The molecule has 0 bridgehead atoms. The standard InChI is InChI=1S/C24H17BN2O/c1-14-6-8-16-18-13-15(25)7-9-19(18)27(20(16)12-14)23-11-10-22-24(26-23)17-4-2-3-5-21(17)28-22/h2-13H,25H2,1H3. The Morgan fingerprint density at radius 2 is 1.68 bits per heavy atom. The topological polar surface area (TPSA) is 31.0 Å². The number of fused-ring (bicyclic) bond motifs is 6. The molecule has 3 aromatic carbocycles. The van der Waals surface area contributed by atoms with Gasteiger partial charge in [-0.1, -0.05) is 41.9 Å². The minimum absolute atomic E-state index is 0.817. The van der Waals surface area contributed by atoms with E-state index in [-0.39, 0.29) is 0 Å². The maximum Gasteiger partial charge on any atom is 0.154 e. The molecule has 6 aromatic rings. The lowest BCUT2D eigenvalue weighted by molar-refractivity contribution is 0.668. The van der Waals surface area contributed by atoms with Crippen LogP contribution in [0.1, 0.15) is 5.56 Å². The third kappa shape index (κ3) is 2.09. The van der Waals surface area contributed by atoms with Gasteiger partial charge in [0.25, 0.3) is 0 Å². The Balaban J connectivity index is 1.76. The highest BCUT2D eigenvalue weighted by Gasteiger charge is 2.15. The van der Waals surface area contributed by atoms with E-state index in [2.05, 4.69) is 61.8 Å².